The topological polar surface area (TPSA) is 15.7 Å². The van der Waals surface area contributed by atoms with Crippen LogP contribution in [-0.2, 0) is 11.3 Å². The number of halogens is 1. The average molecular weight is 309 g/mol. The third-order valence-electron chi connectivity index (χ3n) is 5.17. The first-order valence-electron chi connectivity index (χ1n) is 7.76. The summed E-state index contributed by atoms with van der Waals surface area (Å²) in [5, 5.41) is 0.885. The van der Waals surface area contributed by atoms with Crippen molar-refractivity contribution in [3.05, 3.63) is 34.9 Å². The average Bonchev–Trinajstić information content (AvgIpc) is 2.98. The van der Waals surface area contributed by atoms with Crippen LogP contribution in [0.25, 0.3) is 0 Å². The van der Waals surface area contributed by atoms with E-state index in [2.05, 4.69) is 29.0 Å². The van der Waals surface area contributed by atoms with E-state index in [1.807, 2.05) is 19.2 Å². The molecule has 0 bridgehead atoms. The highest BCUT2D eigenvalue weighted by Crippen LogP contribution is 2.44. The van der Waals surface area contributed by atoms with Crippen LogP contribution in [0.4, 0.5) is 0 Å². The summed E-state index contributed by atoms with van der Waals surface area (Å²) in [7, 11) is 4.05. The number of benzene rings is 1. The van der Waals surface area contributed by atoms with Gasteiger partial charge in [-0.15, -0.1) is 0 Å². The molecule has 2 heterocycles. The van der Waals surface area contributed by atoms with Crippen molar-refractivity contribution in [2.75, 3.05) is 46.9 Å². The van der Waals surface area contributed by atoms with Crippen molar-refractivity contribution < 1.29 is 4.74 Å². The fraction of sp³-hybridized carbons (Fsp3) is 0.647. The molecule has 4 heteroatoms. The first-order chi connectivity index (χ1) is 10.1. The van der Waals surface area contributed by atoms with E-state index in [1.54, 1.807) is 0 Å². The zero-order valence-corrected chi connectivity index (χ0v) is 13.8. The molecule has 0 unspecified atom stereocenters. The van der Waals surface area contributed by atoms with Gasteiger partial charge in [-0.2, -0.15) is 0 Å². The van der Waals surface area contributed by atoms with Crippen LogP contribution in [0.5, 0.6) is 0 Å². The fourth-order valence-electron chi connectivity index (χ4n) is 4.18. The Morgan fingerprint density at radius 2 is 2.14 bits per heavy atom. The van der Waals surface area contributed by atoms with Gasteiger partial charge in [0, 0.05) is 49.6 Å². The summed E-state index contributed by atoms with van der Waals surface area (Å²) >= 11 is 6.30. The lowest BCUT2D eigenvalue weighted by molar-refractivity contribution is 0.0959. The minimum absolute atomic E-state index is 0.409. The van der Waals surface area contributed by atoms with Gasteiger partial charge in [0.15, 0.2) is 0 Å². The summed E-state index contributed by atoms with van der Waals surface area (Å²) in [6.07, 6.45) is 1.27. The number of methoxy groups -OCH3 is 1. The Hall–Kier alpha value is -0.610. The molecule has 0 aromatic heterocycles. The molecule has 0 amide bonds. The number of nitrogens with zero attached hydrogens (tertiary/aromatic N) is 2. The van der Waals surface area contributed by atoms with Gasteiger partial charge in [0.25, 0.3) is 0 Å². The highest BCUT2D eigenvalue weighted by molar-refractivity contribution is 6.31. The van der Waals surface area contributed by atoms with Crippen molar-refractivity contribution in [1.29, 1.82) is 0 Å². The molecular formula is C17H25ClN2O. The van der Waals surface area contributed by atoms with E-state index in [1.165, 1.54) is 25.1 Å². The van der Waals surface area contributed by atoms with Gasteiger partial charge in [-0.05, 0) is 31.6 Å². The maximum Gasteiger partial charge on any atom is 0.0509 e. The van der Waals surface area contributed by atoms with E-state index in [0.29, 0.717) is 11.3 Å². The lowest BCUT2D eigenvalue weighted by Crippen LogP contribution is -2.36. The fourth-order valence-corrected chi connectivity index (χ4v) is 4.38. The third kappa shape index (κ3) is 3.11. The molecule has 3 nitrogen and oxygen atoms in total. The Balaban J connectivity index is 1.68. The van der Waals surface area contributed by atoms with Gasteiger partial charge < -0.3 is 9.64 Å². The van der Waals surface area contributed by atoms with Gasteiger partial charge in [-0.3, -0.25) is 4.90 Å². The molecule has 2 aliphatic rings. The molecular weight excluding hydrogens is 284 g/mol. The summed E-state index contributed by atoms with van der Waals surface area (Å²) in [4.78, 5) is 5.02. The van der Waals surface area contributed by atoms with Crippen LogP contribution < -0.4 is 0 Å². The van der Waals surface area contributed by atoms with Crippen LogP contribution >= 0.6 is 11.6 Å². The molecule has 1 spiro atoms. The molecule has 2 aliphatic heterocycles. The van der Waals surface area contributed by atoms with Crippen LogP contribution in [-0.4, -0.2) is 56.7 Å². The molecule has 0 radical (unpaired) electrons. The smallest absolute Gasteiger partial charge is 0.0509 e. The van der Waals surface area contributed by atoms with Crippen molar-refractivity contribution in [2.24, 2.45) is 11.3 Å². The van der Waals surface area contributed by atoms with Gasteiger partial charge in [-0.25, -0.2) is 0 Å². The van der Waals surface area contributed by atoms with Crippen LogP contribution in [0.1, 0.15) is 12.0 Å². The second-order valence-corrected chi connectivity index (χ2v) is 7.17. The van der Waals surface area contributed by atoms with E-state index in [0.717, 1.165) is 31.3 Å². The number of hydrogen-bond acceptors (Lipinski definition) is 3. The van der Waals surface area contributed by atoms with Gasteiger partial charge >= 0.3 is 0 Å². The van der Waals surface area contributed by atoms with Gasteiger partial charge in [0.1, 0.15) is 0 Å². The van der Waals surface area contributed by atoms with E-state index in [4.69, 9.17) is 16.3 Å². The molecule has 0 aliphatic carbocycles. The minimum Gasteiger partial charge on any atom is -0.384 e. The van der Waals surface area contributed by atoms with E-state index < -0.39 is 0 Å². The molecule has 2 fully saturated rings. The Kier molecular flexibility index (Phi) is 4.55. The maximum absolute atomic E-state index is 6.30. The first kappa shape index (κ1) is 15.3. The molecule has 1 aromatic carbocycles. The Labute approximate surface area is 132 Å². The normalized spacial score (nSPS) is 30.5. The number of rotatable bonds is 4. The largest absolute Gasteiger partial charge is 0.384 e. The molecule has 0 saturated carbocycles. The number of hydrogen-bond donors (Lipinski definition) is 0. The van der Waals surface area contributed by atoms with Crippen molar-refractivity contribution in [1.82, 2.24) is 9.80 Å². The van der Waals surface area contributed by atoms with Crippen molar-refractivity contribution in [3.63, 3.8) is 0 Å². The number of likely N-dealkylation sites (tertiary alicyclic amines) is 2. The van der Waals surface area contributed by atoms with Crippen LogP contribution in [0.15, 0.2) is 24.3 Å². The highest BCUT2D eigenvalue weighted by Gasteiger charge is 2.49. The second kappa shape index (κ2) is 6.25. The molecule has 0 N–H and O–H groups in total. The zero-order chi connectivity index (χ0) is 14.9. The van der Waals surface area contributed by atoms with Crippen LogP contribution in [0.2, 0.25) is 5.02 Å². The predicted octanol–water partition coefficient (Wildman–Crippen LogP) is 2.74. The summed E-state index contributed by atoms with van der Waals surface area (Å²) in [5.74, 6) is 0.656. The Morgan fingerprint density at radius 1 is 1.33 bits per heavy atom. The molecule has 1 aromatic rings. The van der Waals surface area contributed by atoms with E-state index in [-0.39, 0.29) is 0 Å². The maximum atomic E-state index is 6.30. The van der Waals surface area contributed by atoms with Gasteiger partial charge in [0.05, 0.1) is 6.61 Å². The summed E-state index contributed by atoms with van der Waals surface area (Å²) < 4.78 is 5.47. The lowest BCUT2D eigenvalue weighted by atomic mass is 9.77. The minimum atomic E-state index is 0.409. The number of ether oxygens (including phenoxy) is 1. The quantitative estimate of drug-likeness (QED) is 0.850. The Morgan fingerprint density at radius 3 is 2.90 bits per heavy atom. The summed E-state index contributed by atoms with van der Waals surface area (Å²) in [6, 6.07) is 8.20. The van der Waals surface area contributed by atoms with Crippen LogP contribution in [0.3, 0.4) is 0 Å². The van der Waals surface area contributed by atoms with Crippen LogP contribution in [0, 0.1) is 11.3 Å². The second-order valence-electron chi connectivity index (χ2n) is 6.76. The van der Waals surface area contributed by atoms with E-state index >= 15 is 0 Å². The molecule has 2 saturated heterocycles. The van der Waals surface area contributed by atoms with Crippen molar-refractivity contribution in [3.8, 4) is 0 Å². The third-order valence-corrected chi connectivity index (χ3v) is 5.54. The molecule has 116 valence electrons. The molecule has 3 rings (SSSR count). The molecule has 2 atom stereocenters. The SMILES string of the molecule is COC[C@H]1CN(C)C[C@@]12CCN(Cc1ccccc1Cl)C2. The van der Waals surface area contributed by atoms with Gasteiger partial charge in [0.2, 0.25) is 0 Å². The monoisotopic (exact) mass is 308 g/mol. The van der Waals surface area contributed by atoms with Crippen molar-refractivity contribution in [2.45, 2.75) is 13.0 Å². The highest BCUT2D eigenvalue weighted by atomic mass is 35.5. The Bertz CT molecular complexity index is 495. The van der Waals surface area contributed by atoms with E-state index in [9.17, 15) is 0 Å². The standard InChI is InChI=1S/C17H25ClN2O/c1-19-10-15(11-21-2)17(12-19)7-8-20(13-17)9-14-5-3-4-6-16(14)18/h3-6,15H,7-13H2,1-2H3/t15-,17-/m1/s1. The van der Waals surface area contributed by atoms with Crippen molar-refractivity contribution >= 4 is 11.6 Å². The molecule has 21 heavy (non-hydrogen) atoms. The summed E-state index contributed by atoms with van der Waals surface area (Å²) in [5.41, 5.74) is 1.65. The summed E-state index contributed by atoms with van der Waals surface area (Å²) in [6.45, 7) is 6.53. The lowest BCUT2D eigenvalue weighted by Gasteiger charge is -2.30. The van der Waals surface area contributed by atoms with Gasteiger partial charge in [-0.1, -0.05) is 29.8 Å². The zero-order valence-electron chi connectivity index (χ0n) is 13.0. The predicted molar refractivity (Wildman–Crippen MR) is 86.6 cm³/mol. The first-order valence-corrected chi connectivity index (χ1v) is 8.14.